The minimum Gasteiger partial charge on any atom is -0.492 e. The van der Waals surface area contributed by atoms with E-state index in [-0.39, 0.29) is 23.4 Å². The number of halogens is 1. The molecule has 29 heavy (non-hydrogen) atoms. The SMILES string of the molecule is CC[C@@H]1CCN(c2ccc3c(=O)c(C(=O)O)cn([C@@H]4C[C@@H]4F)c3c2OC)C[C@H]1N. The van der Waals surface area contributed by atoms with Crippen molar-refractivity contribution in [1.29, 1.82) is 0 Å². The van der Waals surface area contributed by atoms with E-state index in [2.05, 4.69) is 11.8 Å². The Hall–Kier alpha value is -2.61. The number of carboxylic acid groups (broad SMARTS) is 1. The number of aromatic nitrogens is 1. The summed E-state index contributed by atoms with van der Waals surface area (Å²) >= 11 is 0. The molecule has 1 saturated carbocycles. The number of hydrogen-bond donors (Lipinski definition) is 2. The lowest BCUT2D eigenvalue weighted by atomic mass is 9.89. The molecule has 1 saturated heterocycles. The van der Waals surface area contributed by atoms with Gasteiger partial charge in [-0.2, -0.15) is 0 Å². The Labute approximate surface area is 167 Å². The standard InChI is InChI=1S/C21H26FN3O4/c1-3-11-6-7-24(10-15(11)23)16-5-4-12-18(20(16)29-2)25(17-8-14(17)22)9-13(19(12)26)21(27)28/h4-5,9,11,14-15,17H,3,6-8,10,23H2,1-2H3,(H,27,28)/t11-,14+,15-,17-/m1/s1. The molecule has 2 aliphatic rings. The zero-order valence-corrected chi connectivity index (χ0v) is 16.6. The molecular weight excluding hydrogens is 377 g/mol. The van der Waals surface area contributed by atoms with Crippen LogP contribution in [-0.4, -0.2) is 48.1 Å². The molecule has 0 spiro atoms. The lowest BCUT2D eigenvalue weighted by molar-refractivity contribution is 0.0694. The highest BCUT2D eigenvalue weighted by Gasteiger charge is 2.41. The zero-order chi connectivity index (χ0) is 20.9. The number of nitrogens with zero attached hydrogens (tertiary/aromatic N) is 2. The summed E-state index contributed by atoms with van der Waals surface area (Å²) in [6.07, 6.45) is 2.46. The van der Waals surface area contributed by atoms with Crippen molar-refractivity contribution in [2.45, 2.75) is 44.4 Å². The van der Waals surface area contributed by atoms with Crippen LogP contribution in [0, 0.1) is 5.92 Å². The maximum absolute atomic E-state index is 13.9. The monoisotopic (exact) mass is 403 g/mol. The number of hydrogen-bond acceptors (Lipinski definition) is 5. The van der Waals surface area contributed by atoms with Crippen molar-refractivity contribution in [3.05, 3.63) is 34.1 Å². The molecular formula is C21H26FN3O4. The van der Waals surface area contributed by atoms with Crippen LogP contribution in [0.3, 0.4) is 0 Å². The number of benzene rings is 1. The zero-order valence-electron chi connectivity index (χ0n) is 16.6. The molecule has 0 amide bonds. The smallest absolute Gasteiger partial charge is 0.341 e. The van der Waals surface area contributed by atoms with Gasteiger partial charge >= 0.3 is 5.97 Å². The van der Waals surface area contributed by atoms with Gasteiger partial charge in [-0.3, -0.25) is 4.79 Å². The third kappa shape index (κ3) is 3.25. The number of nitrogens with two attached hydrogens (primary N) is 1. The van der Waals surface area contributed by atoms with Crippen molar-refractivity contribution < 1.29 is 19.0 Å². The fourth-order valence-corrected chi connectivity index (χ4v) is 4.47. The lowest BCUT2D eigenvalue weighted by Crippen LogP contribution is -2.48. The van der Waals surface area contributed by atoms with Gasteiger partial charge in [-0.1, -0.05) is 13.3 Å². The van der Waals surface area contributed by atoms with Crippen LogP contribution >= 0.6 is 0 Å². The van der Waals surface area contributed by atoms with Gasteiger partial charge in [0.2, 0.25) is 5.43 Å². The maximum atomic E-state index is 13.9. The molecule has 7 nitrogen and oxygen atoms in total. The number of rotatable bonds is 5. The second-order valence-electron chi connectivity index (χ2n) is 7.98. The van der Waals surface area contributed by atoms with Crippen LogP contribution in [0.2, 0.25) is 0 Å². The van der Waals surface area contributed by atoms with Gasteiger partial charge in [-0.05, 0) is 24.5 Å². The van der Waals surface area contributed by atoms with Crippen LogP contribution in [-0.2, 0) is 0 Å². The molecule has 0 bridgehead atoms. The molecule has 156 valence electrons. The molecule has 1 aliphatic carbocycles. The lowest BCUT2D eigenvalue weighted by Gasteiger charge is -2.38. The van der Waals surface area contributed by atoms with E-state index in [0.717, 1.165) is 25.1 Å². The summed E-state index contributed by atoms with van der Waals surface area (Å²) in [4.78, 5) is 26.4. The van der Waals surface area contributed by atoms with Crippen LogP contribution in [0.15, 0.2) is 23.1 Å². The molecule has 4 atom stereocenters. The number of ether oxygens (including phenoxy) is 1. The Kier molecular flexibility index (Phi) is 4.98. The summed E-state index contributed by atoms with van der Waals surface area (Å²) in [6, 6.07) is 2.93. The Morgan fingerprint density at radius 3 is 2.69 bits per heavy atom. The summed E-state index contributed by atoms with van der Waals surface area (Å²) < 4.78 is 21.2. The average Bonchev–Trinajstić information content (AvgIpc) is 3.43. The molecule has 2 heterocycles. The predicted octanol–water partition coefficient (Wildman–Crippen LogP) is 2.55. The fraction of sp³-hybridized carbons (Fsp3) is 0.524. The normalized spacial score (nSPS) is 26.6. The minimum atomic E-state index is -1.32. The molecule has 4 rings (SSSR count). The molecule has 1 aromatic heterocycles. The van der Waals surface area contributed by atoms with E-state index in [9.17, 15) is 19.1 Å². The molecule has 1 aliphatic heterocycles. The first-order valence-electron chi connectivity index (χ1n) is 10.0. The fourth-order valence-electron chi connectivity index (χ4n) is 4.47. The number of anilines is 1. The molecule has 0 unspecified atom stereocenters. The van der Waals surface area contributed by atoms with Crippen LogP contribution in [0.25, 0.3) is 10.9 Å². The number of carbonyl (C=O) groups is 1. The van der Waals surface area contributed by atoms with Gasteiger partial charge < -0.3 is 25.0 Å². The van der Waals surface area contributed by atoms with Crippen molar-refractivity contribution in [1.82, 2.24) is 4.57 Å². The number of piperidine rings is 1. The van der Waals surface area contributed by atoms with E-state index >= 15 is 0 Å². The minimum absolute atomic E-state index is 0.0318. The van der Waals surface area contributed by atoms with Gasteiger partial charge in [0.05, 0.1) is 29.7 Å². The molecule has 3 N–H and O–H groups in total. The summed E-state index contributed by atoms with van der Waals surface area (Å²) in [7, 11) is 1.51. The first-order chi connectivity index (χ1) is 13.9. The van der Waals surface area contributed by atoms with Crippen molar-refractivity contribution >= 4 is 22.6 Å². The topological polar surface area (TPSA) is 97.8 Å². The molecule has 2 fully saturated rings. The maximum Gasteiger partial charge on any atom is 0.341 e. The van der Waals surface area contributed by atoms with E-state index in [1.54, 1.807) is 16.7 Å². The first kappa shape index (κ1) is 19.7. The van der Waals surface area contributed by atoms with Gasteiger partial charge in [-0.25, -0.2) is 9.18 Å². The second-order valence-corrected chi connectivity index (χ2v) is 7.98. The summed E-state index contributed by atoms with van der Waals surface area (Å²) in [5.74, 6) is -0.400. The van der Waals surface area contributed by atoms with Crippen LogP contribution < -0.4 is 20.8 Å². The molecule has 2 aromatic rings. The van der Waals surface area contributed by atoms with Crippen molar-refractivity contribution in [2.24, 2.45) is 11.7 Å². The Bertz CT molecular complexity index is 1020. The van der Waals surface area contributed by atoms with E-state index in [0.29, 0.717) is 23.7 Å². The van der Waals surface area contributed by atoms with Crippen LogP contribution in [0.5, 0.6) is 5.75 Å². The van der Waals surface area contributed by atoms with Gasteiger partial charge in [0.1, 0.15) is 11.7 Å². The predicted molar refractivity (Wildman–Crippen MR) is 109 cm³/mol. The Morgan fingerprint density at radius 1 is 1.41 bits per heavy atom. The van der Waals surface area contributed by atoms with Crippen LogP contribution in [0.1, 0.15) is 42.6 Å². The highest BCUT2D eigenvalue weighted by Crippen LogP contribution is 2.44. The number of pyridine rings is 1. The van der Waals surface area contributed by atoms with Crippen molar-refractivity contribution in [3.8, 4) is 5.75 Å². The molecule has 1 aromatic carbocycles. The number of methoxy groups -OCH3 is 1. The van der Waals surface area contributed by atoms with E-state index < -0.39 is 23.6 Å². The highest BCUT2D eigenvalue weighted by atomic mass is 19.1. The van der Waals surface area contributed by atoms with E-state index in [1.165, 1.54) is 13.3 Å². The quantitative estimate of drug-likeness (QED) is 0.796. The third-order valence-corrected chi connectivity index (χ3v) is 6.27. The third-order valence-electron chi connectivity index (χ3n) is 6.27. The van der Waals surface area contributed by atoms with Gasteiger partial charge in [0.25, 0.3) is 0 Å². The summed E-state index contributed by atoms with van der Waals surface area (Å²) in [5, 5.41) is 9.64. The van der Waals surface area contributed by atoms with E-state index in [1.807, 2.05) is 0 Å². The highest BCUT2D eigenvalue weighted by molar-refractivity contribution is 5.97. The van der Waals surface area contributed by atoms with Crippen molar-refractivity contribution in [3.63, 3.8) is 0 Å². The van der Waals surface area contributed by atoms with Gasteiger partial charge in [-0.15, -0.1) is 0 Å². The average molecular weight is 403 g/mol. The van der Waals surface area contributed by atoms with Gasteiger partial charge in [0.15, 0.2) is 5.75 Å². The second kappa shape index (κ2) is 7.33. The summed E-state index contributed by atoms with van der Waals surface area (Å²) in [6.45, 7) is 3.60. The Morgan fingerprint density at radius 2 is 2.14 bits per heavy atom. The summed E-state index contributed by atoms with van der Waals surface area (Å²) in [5.41, 5.74) is 6.63. The largest absolute Gasteiger partial charge is 0.492 e. The number of fused-ring (bicyclic) bond motifs is 1. The molecule has 0 radical (unpaired) electrons. The molecule has 8 heteroatoms. The number of aromatic carboxylic acids is 1. The Balaban J connectivity index is 1.90. The van der Waals surface area contributed by atoms with Gasteiger partial charge in [0, 0.05) is 31.7 Å². The van der Waals surface area contributed by atoms with Crippen molar-refractivity contribution in [2.75, 3.05) is 25.1 Å². The van der Waals surface area contributed by atoms with Crippen LogP contribution in [0.4, 0.5) is 10.1 Å². The number of carboxylic acids is 1. The first-order valence-corrected chi connectivity index (χ1v) is 10.0. The van der Waals surface area contributed by atoms with E-state index in [4.69, 9.17) is 10.5 Å². The number of alkyl halides is 1.